The highest BCUT2D eigenvalue weighted by atomic mass is 35.5. The highest BCUT2D eigenvalue weighted by Gasteiger charge is 2.52. The lowest BCUT2D eigenvalue weighted by molar-refractivity contribution is 0.00578. The van der Waals surface area contributed by atoms with Crippen LogP contribution in [0.4, 0.5) is 4.79 Å². The van der Waals surface area contributed by atoms with Gasteiger partial charge < -0.3 is 19.4 Å². The molecule has 8 heteroatoms. The topological polar surface area (TPSA) is 80.6 Å². The summed E-state index contributed by atoms with van der Waals surface area (Å²) in [6.45, 7) is 8.18. The quantitative estimate of drug-likeness (QED) is 0.613. The number of amides is 1. The second-order valence-corrected chi connectivity index (χ2v) is 8.98. The van der Waals surface area contributed by atoms with Crippen molar-refractivity contribution < 1.29 is 18.8 Å². The molecule has 0 aromatic heterocycles. The molecule has 1 amide bonds. The zero-order valence-electron chi connectivity index (χ0n) is 18.6. The zero-order valence-corrected chi connectivity index (χ0v) is 19.4. The molecule has 1 aliphatic rings. The van der Waals surface area contributed by atoms with E-state index in [1.165, 1.54) is 0 Å². The summed E-state index contributed by atoms with van der Waals surface area (Å²) < 4.78 is 17.6. The van der Waals surface area contributed by atoms with Gasteiger partial charge in [0, 0.05) is 6.54 Å². The van der Waals surface area contributed by atoms with E-state index in [0.717, 1.165) is 11.1 Å². The molecule has 0 aliphatic carbocycles. The van der Waals surface area contributed by atoms with Crippen molar-refractivity contribution in [2.75, 3.05) is 6.54 Å². The number of hydrogen-bond donors (Lipinski definition) is 1. The average Bonchev–Trinajstić information content (AvgIpc) is 2.97. The summed E-state index contributed by atoms with van der Waals surface area (Å²) in [6, 6.07) is 16.6. The monoisotopic (exact) mass is 452 g/mol. The Morgan fingerprint density at radius 3 is 2.41 bits per heavy atom. The van der Waals surface area contributed by atoms with E-state index in [4.69, 9.17) is 30.9 Å². The first-order valence-electron chi connectivity index (χ1n) is 10.3. The number of benzene rings is 2. The van der Waals surface area contributed by atoms with Crippen molar-refractivity contribution >= 4 is 30.9 Å². The fraction of sp³-hybridized carbons (Fsp3) is 0.333. The fourth-order valence-corrected chi connectivity index (χ4v) is 3.30. The largest absolute Gasteiger partial charge is 0.492 e. The first kappa shape index (κ1) is 23.9. The second-order valence-electron chi connectivity index (χ2n) is 8.57. The van der Waals surface area contributed by atoms with Gasteiger partial charge in [0.25, 0.3) is 0 Å². The Hall–Kier alpha value is -2.79. The molecule has 1 fully saturated rings. The minimum absolute atomic E-state index is 0.155. The Bertz CT molecular complexity index is 1030. The molecule has 1 heterocycles. The van der Waals surface area contributed by atoms with Crippen molar-refractivity contribution in [3.63, 3.8) is 0 Å². The van der Waals surface area contributed by atoms with Crippen molar-refractivity contribution in [1.82, 2.24) is 5.32 Å². The standard InChI is InChI=1S/C24H26BClN2O4/c1-23(2)24(3,4)32-25(31-23)20(12-18-10-11-19(14-27)21(26)13-18)15-28-22(29)30-16-17-8-6-5-7-9-17/h5-13H,15-16H2,1-4H3,(H,28,29). The van der Waals surface area contributed by atoms with Crippen LogP contribution in [0.3, 0.4) is 0 Å². The third-order valence-electron chi connectivity index (χ3n) is 5.67. The lowest BCUT2D eigenvalue weighted by Crippen LogP contribution is -2.41. The Balaban J connectivity index is 1.76. The number of rotatable bonds is 6. The van der Waals surface area contributed by atoms with Crippen molar-refractivity contribution in [1.29, 1.82) is 5.26 Å². The molecule has 2 aromatic rings. The predicted octanol–water partition coefficient (Wildman–Crippen LogP) is 5.15. The fourth-order valence-electron chi connectivity index (χ4n) is 3.07. The number of nitriles is 1. The van der Waals surface area contributed by atoms with Crippen LogP contribution in [-0.2, 0) is 20.7 Å². The molecule has 1 aliphatic heterocycles. The van der Waals surface area contributed by atoms with Crippen molar-refractivity contribution in [3.8, 4) is 6.07 Å². The van der Waals surface area contributed by atoms with Crippen LogP contribution in [0.25, 0.3) is 6.08 Å². The number of nitrogens with one attached hydrogen (secondary N) is 1. The van der Waals surface area contributed by atoms with Crippen LogP contribution in [-0.4, -0.2) is 31.0 Å². The molecule has 3 rings (SSSR count). The van der Waals surface area contributed by atoms with Crippen LogP contribution in [0.15, 0.2) is 54.0 Å². The first-order valence-corrected chi connectivity index (χ1v) is 10.7. The lowest BCUT2D eigenvalue weighted by atomic mass is 9.77. The highest BCUT2D eigenvalue weighted by Crippen LogP contribution is 2.38. The molecule has 2 aromatic carbocycles. The molecule has 0 radical (unpaired) electrons. The van der Waals surface area contributed by atoms with E-state index in [-0.39, 0.29) is 13.2 Å². The molecule has 0 atom stereocenters. The molecule has 0 unspecified atom stereocenters. The third kappa shape index (κ3) is 5.71. The minimum atomic E-state index is -0.663. The van der Waals surface area contributed by atoms with E-state index in [1.54, 1.807) is 18.2 Å². The van der Waals surface area contributed by atoms with Crippen molar-refractivity contribution in [3.05, 3.63) is 75.7 Å². The lowest BCUT2D eigenvalue weighted by Gasteiger charge is -2.32. The van der Waals surface area contributed by atoms with E-state index in [1.807, 2.05) is 70.2 Å². The molecule has 166 valence electrons. The van der Waals surface area contributed by atoms with Gasteiger partial charge in [-0.15, -0.1) is 0 Å². The second kappa shape index (κ2) is 9.78. The number of alkyl carbamates (subject to hydrolysis) is 1. The summed E-state index contributed by atoms with van der Waals surface area (Å²) in [5.41, 5.74) is 1.68. The number of carbonyl (C=O) groups is 1. The van der Waals surface area contributed by atoms with Crippen LogP contribution in [0.5, 0.6) is 0 Å². The van der Waals surface area contributed by atoms with E-state index >= 15 is 0 Å². The van der Waals surface area contributed by atoms with Gasteiger partial charge in [-0.1, -0.05) is 54.1 Å². The molecular formula is C24H26BClN2O4. The number of nitrogens with zero attached hydrogens (tertiary/aromatic N) is 1. The van der Waals surface area contributed by atoms with Gasteiger partial charge in [0.1, 0.15) is 12.7 Å². The molecule has 0 spiro atoms. The van der Waals surface area contributed by atoms with E-state index in [9.17, 15) is 4.79 Å². The SMILES string of the molecule is CC1(C)OB(C(=Cc2ccc(C#N)c(Cl)c2)CNC(=O)OCc2ccccc2)OC1(C)C. The first-order chi connectivity index (χ1) is 15.1. The Morgan fingerprint density at radius 1 is 1.16 bits per heavy atom. The smallest absolute Gasteiger partial charge is 0.445 e. The summed E-state index contributed by atoms with van der Waals surface area (Å²) >= 11 is 6.19. The zero-order chi connectivity index (χ0) is 23.4. The summed E-state index contributed by atoms with van der Waals surface area (Å²) in [5, 5.41) is 12.2. The number of hydrogen-bond acceptors (Lipinski definition) is 5. The summed E-state index contributed by atoms with van der Waals surface area (Å²) in [7, 11) is -0.663. The normalized spacial score (nSPS) is 17.0. The molecule has 6 nitrogen and oxygen atoms in total. The number of halogens is 1. The molecule has 0 saturated carbocycles. The van der Waals surface area contributed by atoms with E-state index in [0.29, 0.717) is 16.1 Å². The summed E-state index contributed by atoms with van der Waals surface area (Å²) in [4.78, 5) is 12.3. The Labute approximate surface area is 194 Å². The number of carbonyl (C=O) groups excluding carboxylic acids is 1. The van der Waals surface area contributed by atoms with E-state index < -0.39 is 24.4 Å². The maximum Gasteiger partial charge on any atom is 0.492 e. The molecule has 0 bridgehead atoms. The van der Waals surface area contributed by atoms with Crippen LogP contribution in [0.2, 0.25) is 5.02 Å². The van der Waals surface area contributed by atoms with Gasteiger partial charge in [-0.25, -0.2) is 4.79 Å². The van der Waals surface area contributed by atoms with Crippen LogP contribution >= 0.6 is 11.6 Å². The van der Waals surface area contributed by atoms with Crippen molar-refractivity contribution in [2.45, 2.75) is 45.5 Å². The Morgan fingerprint density at radius 2 is 1.81 bits per heavy atom. The van der Waals surface area contributed by atoms with Gasteiger partial charge in [0.15, 0.2) is 0 Å². The van der Waals surface area contributed by atoms with Gasteiger partial charge in [-0.2, -0.15) is 5.26 Å². The minimum Gasteiger partial charge on any atom is -0.445 e. The predicted molar refractivity (Wildman–Crippen MR) is 125 cm³/mol. The number of ether oxygens (including phenoxy) is 1. The maximum absolute atomic E-state index is 12.3. The van der Waals surface area contributed by atoms with Gasteiger partial charge in [0.2, 0.25) is 0 Å². The maximum atomic E-state index is 12.3. The highest BCUT2D eigenvalue weighted by molar-refractivity contribution is 6.56. The molecule has 1 N–H and O–H groups in total. The van der Waals surface area contributed by atoms with Gasteiger partial charge in [-0.05, 0) is 56.4 Å². The average molecular weight is 453 g/mol. The summed E-state index contributed by atoms with van der Waals surface area (Å²) in [5.74, 6) is 0. The Kier molecular flexibility index (Phi) is 7.30. The van der Waals surface area contributed by atoms with E-state index in [2.05, 4.69) is 5.32 Å². The molecular weight excluding hydrogens is 427 g/mol. The third-order valence-corrected chi connectivity index (χ3v) is 5.98. The van der Waals surface area contributed by atoms with Crippen molar-refractivity contribution in [2.24, 2.45) is 0 Å². The van der Waals surface area contributed by atoms with Gasteiger partial charge in [0.05, 0.1) is 21.8 Å². The van der Waals surface area contributed by atoms with Gasteiger partial charge >= 0.3 is 13.2 Å². The van der Waals surface area contributed by atoms with Crippen LogP contribution < -0.4 is 5.32 Å². The van der Waals surface area contributed by atoms with Crippen LogP contribution in [0, 0.1) is 11.3 Å². The van der Waals surface area contributed by atoms with Crippen LogP contribution in [0.1, 0.15) is 44.4 Å². The van der Waals surface area contributed by atoms with Gasteiger partial charge in [-0.3, -0.25) is 0 Å². The molecule has 1 saturated heterocycles. The molecule has 32 heavy (non-hydrogen) atoms. The summed E-state index contributed by atoms with van der Waals surface area (Å²) in [6.07, 6.45) is 1.29.